The lowest BCUT2D eigenvalue weighted by molar-refractivity contribution is -0.130. The molecule has 0 aliphatic rings. The fraction of sp³-hybridized carbons (Fsp3) is 0.345. The number of nitrogens with zero attached hydrogens (tertiary/aromatic N) is 4. The molecule has 0 saturated carbocycles. The number of fused-ring (bicyclic) bond motifs is 1. The van der Waals surface area contributed by atoms with Crippen molar-refractivity contribution in [2.24, 2.45) is 0 Å². The summed E-state index contributed by atoms with van der Waals surface area (Å²) >= 11 is 0. The van der Waals surface area contributed by atoms with Crippen LogP contribution in [0.1, 0.15) is 41.9 Å². The van der Waals surface area contributed by atoms with Crippen molar-refractivity contribution in [2.45, 2.75) is 52.4 Å². The van der Waals surface area contributed by atoms with Crippen molar-refractivity contribution in [3.8, 4) is 11.3 Å². The molecule has 0 saturated heterocycles. The van der Waals surface area contributed by atoms with E-state index in [9.17, 15) is 13.2 Å². The highest BCUT2D eigenvalue weighted by atomic mass is 32.2. The molecule has 0 radical (unpaired) electrons. The molecule has 0 aliphatic carbocycles. The van der Waals surface area contributed by atoms with Crippen LogP contribution in [0.15, 0.2) is 59.5 Å². The van der Waals surface area contributed by atoms with Gasteiger partial charge in [-0.05, 0) is 64.8 Å². The largest absolute Gasteiger partial charge is 0.343 e. The highest BCUT2D eigenvalue weighted by Crippen LogP contribution is 2.28. The molecule has 0 aliphatic heterocycles. The van der Waals surface area contributed by atoms with Crippen molar-refractivity contribution in [1.82, 2.24) is 19.5 Å². The maximum Gasteiger partial charge on any atom is 0.296 e. The van der Waals surface area contributed by atoms with E-state index in [2.05, 4.69) is 0 Å². The summed E-state index contributed by atoms with van der Waals surface area (Å²) in [5, 5.41) is 4.83. The van der Waals surface area contributed by atoms with Gasteiger partial charge in [0.2, 0.25) is 5.91 Å². The van der Waals surface area contributed by atoms with E-state index in [1.807, 2.05) is 69.9 Å². The third kappa shape index (κ3) is 5.95. The highest BCUT2D eigenvalue weighted by Gasteiger charge is 2.22. The van der Waals surface area contributed by atoms with Crippen LogP contribution >= 0.6 is 0 Å². The number of carbonyl (C=O) groups excluding carboxylic acids is 1. The molecule has 0 spiro atoms. The summed E-state index contributed by atoms with van der Waals surface area (Å²) < 4.78 is 32.0. The molecule has 1 amide bonds. The van der Waals surface area contributed by atoms with Crippen LogP contribution in [0.4, 0.5) is 0 Å². The van der Waals surface area contributed by atoms with E-state index >= 15 is 0 Å². The van der Waals surface area contributed by atoms with E-state index in [0.29, 0.717) is 25.2 Å². The molecule has 0 N–H and O–H groups in total. The number of amides is 1. The maximum absolute atomic E-state index is 13.0. The average Bonchev–Trinajstić information content (AvgIpc) is 3.23. The fourth-order valence-corrected chi connectivity index (χ4v) is 5.38. The van der Waals surface area contributed by atoms with Crippen molar-refractivity contribution in [2.75, 3.05) is 19.7 Å². The van der Waals surface area contributed by atoms with Gasteiger partial charge in [0, 0.05) is 35.6 Å². The van der Waals surface area contributed by atoms with Gasteiger partial charge in [-0.25, -0.2) is 9.50 Å². The molecule has 2 heterocycles. The van der Waals surface area contributed by atoms with Crippen LogP contribution in [0.3, 0.4) is 0 Å². The van der Waals surface area contributed by atoms with Crippen LogP contribution in [0.25, 0.3) is 16.9 Å². The second-order valence-corrected chi connectivity index (χ2v) is 11.0. The lowest BCUT2D eigenvalue weighted by Gasteiger charge is -2.18. The maximum atomic E-state index is 13.0. The van der Waals surface area contributed by atoms with E-state index in [1.165, 1.54) is 0 Å². The van der Waals surface area contributed by atoms with Gasteiger partial charge in [-0.1, -0.05) is 42.0 Å². The van der Waals surface area contributed by atoms with Crippen LogP contribution in [-0.4, -0.2) is 53.5 Å². The normalized spacial score (nSPS) is 11.7. The van der Waals surface area contributed by atoms with Gasteiger partial charge in [0.25, 0.3) is 10.1 Å². The predicted molar refractivity (Wildman–Crippen MR) is 148 cm³/mol. The number of rotatable bonds is 10. The molecule has 4 aromatic rings. The van der Waals surface area contributed by atoms with E-state index in [-0.39, 0.29) is 23.8 Å². The summed E-state index contributed by atoms with van der Waals surface area (Å²) in [7, 11) is -3.81. The van der Waals surface area contributed by atoms with E-state index in [0.717, 1.165) is 39.3 Å². The minimum absolute atomic E-state index is 0.0376. The first-order valence-corrected chi connectivity index (χ1v) is 14.2. The first-order chi connectivity index (χ1) is 18.1. The zero-order valence-corrected chi connectivity index (χ0v) is 23.4. The van der Waals surface area contributed by atoms with Gasteiger partial charge in [0.05, 0.1) is 23.6 Å². The molecular formula is C29H34N4O4S. The van der Waals surface area contributed by atoms with Crippen molar-refractivity contribution < 1.29 is 17.4 Å². The fourth-order valence-electron chi connectivity index (χ4n) is 4.47. The topological polar surface area (TPSA) is 93.9 Å². The van der Waals surface area contributed by atoms with Crippen molar-refractivity contribution in [1.29, 1.82) is 0 Å². The van der Waals surface area contributed by atoms with E-state index in [1.54, 1.807) is 28.8 Å². The molecule has 2 aromatic heterocycles. The van der Waals surface area contributed by atoms with Gasteiger partial charge < -0.3 is 4.90 Å². The smallest absolute Gasteiger partial charge is 0.296 e. The Morgan fingerprint density at radius 3 is 2.26 bits per heavy atom. The minimum atomic E-state index is -3.81. The zero-order chi connectivity index (χ0) is 27.4. The SMILES string of the molecule is CCN(CC)C(=O)Cc1c(-c2ccc(CCOS(=O)(=O)c3ccc(C)cc3)cc2)nn2c(C)cc(C)nc12. The van der Waals surface area contributed by atoms with Gasteiger partial charge in [-0.3, -0.25) is 8.98 Å². The summed E-state index contributed by atoms with van der Waals surface area (Å²) in [6.45, 7) is 11.1. The summed E-state index contributed by atoms with van der Waals surface area (Å²) in [5.41, 5.74) is 6.81. The van der Waals surface area contributed by atoms with Crippen LogP contribution < -0.4 is 0 Å². The molecule has 38 heavy (non-hydrogen) atoms. The molecule has 9 heteroatoms. The Kier molecular flexibility index (Phi) is 8.28. The van der Waals surface area contributed by atoms with E-state index in [4.69, 9.17) is 14.3 Å². The summed E-state index contributed by atoms with van der Waals surface area (Å²) in [6.07, 6.45) is 0.645. The van der Waals surface area contributed by atoms with Crippen LogP contribution in [0.2, 0.25) is 0 Å². The summed E-state index contributed by atoms with van der Waals surface area (Å²) in [4.78, 5) is 19.7. The number of carbonyl (C=O) groups is 1. The molecule has 0 atom stereocenters. The van der Waals surface area contributed by atoms with Crippen molar-refractivity contribution in [3.63, 3.8) is 0 Å². The van der Waals surface area contributed by atoms with Gasteiger partial charge in [0.1, 0.15) is 0 Å². The standard InChI is InChI=1S/C29H34N4O4S/c1-6-32(7-2)27(34)19-26-28(31-33-22(5)18-21(4)30-29(26)33)24-12-10-23(11-13-24)16-17-37-38(35,36)25-14-8-20(3)9-15-25/h8-15,18H,6-7,16-17,19H2,1-5H3. The lowest BCUT2D eigenvalue weighted by atomic mass is 10.0. The molecule has 0 fully saturated rings. The van der Waals surface area contributed by atoms with Crippen LogP contribution in [-0.2, 0) is 31.9 Å². The average molecular weight is 535 g/mol. The van der Waals surface area contributed by atoms with Gasteiger partial charge in [-0.2, -0.15) is 13.5 Å². The first-order valence-electron chi connectivity index (χ1n) is 12.8. The number of hydrogen-bond donors (Lipinski definition) is 0. The third-order valence-corrected chi connectivity index (χ3v) is 7.93. The molecule has 4 rings (SSSR count). The second-order valence-electron chi connectivity index (χ2n) is 9.38. The van der Waals surface area contributed by atoms with Gasteiger partial charge in [0.15, 0.2) is 5.65 Å². The first kappa shape index (κ1) is 27.5. The molecule has 0 bridgehead atoms. The number of aryl methyl sites for hydroxylation is 3. The number of hydrogen-bond acceptors (Lipinski definition) is 6. The predicted octanol–water partition coefficient (Wildman–Crippen LogP) is 4.68. The Morgan fingerprint density at radius 1 is 0.974 bits per heavy atom. The second kappa shape index (κ2) is 11.4. The Balaban J connectivity index is 1.56. The zero-order valence-electron chi connectivity index (χ0n) is 22.6. The lowest BCUT2D eigenvalue weighted by Crippen LogP contribution is -2.31. The Labute approximate surface area is 224 Å². The number of benzene rings is 2. The summed E-state index contributed by atoms with van der Waals surface area (Å²) in [5.74, 6) is 0.0377. The molecule has 200 valence electrons. The molecule has 2 aromatic carbocycles. The van der Waals surface area contributed by atoms with E-state index < -0.39 is 10.1 Å². The van der Waals surface area contributed by atoms with Crippen molar-refractivity contribution in [3.05, 3.63) is 82.7 Å². The van der Waals surface area contributed by atoms with Crippen molar-refractivity contribution >= 4 is 21.7 Å². The Morgan fingerprint density at radius 2 is 1.63 bits per heavy atom. The molecule has 0 unspecified atom stereocenters. The summed E-state index contributed by atoms with van der Waals surface area (Å²) in [6, 6.07) is 16.3. The number of aromatic nitrogens is 3. The number of likely N-dealkylation sites (N-methyl/N-ethyl adjacent to an activating group) is 1. The third-order valence-electron chi connectivity index (χ3n) is 6.60. The van der Waals surface area contributed by atoms with Crippen LogP contribution in [0.5, 0.6) is 0 Å². The van der Waals surface area contributed by atoms with Gasteiger partial charge >= 0.3 is 0 Å². The Bertz CT molecular complexity index is 1540. The Hall–Kier alpha value is -3.56. The molecule has 8 nitrogen and oxygen atoms in total. The highest BCUT2D eigenvalue weighted by molar-refractivity contribution is 7.86. The monoisotopic (exact) mass is 534 g/mol. The van der Waals surface area contributed by atoms with Gasteiger partial charge in [-0.15, -0.1) is 0 Å². The minimum Gasteiger partial charge on any atom is -0.343 e. The van der Waals surface area contributed by atoms with Crippen LogP contribution in [0, 0.1) is 20.8 Å². The quantitative estimate of drug-likeness (QED) is 0.274. The molecular weight excluding hydrogens is 500 g/mol.